The van der Waals surface area contributed by atoms with E-state index in [4.69, 9.17) is 0 Å². The molecule has 23 heavy (non-hydrogen) atoms. The Morgan fingerprint density at radius 2 is 0.870 bits per heavy atom. The molecule has 0 aromatic heterocycles. The molecule has 0 N–H and O–H groups in total. The third-order valence-electron chi connectivity index (χ3n) is 2.66. The van der Waals surface area contributed by atoms with Crippen molar-refractivity contribution in [3.8, 4) is 0 Å². The van der Waals surface area contributed by atoms with E-state index in [1.54, 1.807) is 0 Å². The Morgan fingerprint density at radius 3 is 1.22 bits per heavy atom. The largest absolute Gasteiger partial charge is 0.114 e. The maximum atomic E-state index is 2.48. The number of rotatable bonds is 6. The summed E-state index contributed by atoms with van der Waals surface area (Å²) in [5.74, 6) is 0. The second-order valence-electron chi connectivity index (χ2n) is 3.99. The second-order valence-corrected chi connectivity index (χ2v) is 15.0. The first-order valence-corrected chi connectivity index (χ1v) is 16.2. The zero-order valence-electron chi connectivity index (χ0n) is 11.2. The van der Waals surface area contributed by atoms with E-state index in [9.17, 15) is 0 Å². The molecule has 2 aromatic rings. The Morgan fingerprint density at radius 1 is 0.565 bits per heavy atom. The van der Waals surface area contributed by atoms with Gasteiger partial charge in [-0.1, -0.05) is 56.9 Å². The summed E-state index contributed by atoms with van der Waals surface area (Å²) in [5.41, 5.74) is 0. The van der Waals surface area contributed by atoms with E-state index in [1.807, 2.05) is 35.3 Å². The lowest BCUT2D eigenvalue weighted by atomic mass is 10.4. The van der Waals surface area contributed by atoms with Crippen molar-refractivity contribution in [1.82, 2.24) is 0 Å². The van der Waals surface area contributed by atoms with Crippen LogP contribution >= 0.6 is 171 Å². The van der Waals surface area contributed by atoms with Crippen LogP contribution in [0.4, 0.5) is 0 Å². The van der Waals surface area contributed by atoms with E-state index in [2.05, 4.69) is 160 Å². The summed E-state index contributed by atoms with van der Waals surface area (Å²) >= 11 is 20.4. The van der Waals surface area contributed by atoms with Crippen LogP contribution in [0.25, 0.3) is 0 Å². The van der Waals surface area contributed by atoms with Crippen LogP contribution in [0.5, 0.6) is 0 Å². The van der Waals surface area contributed by atoms with E-state index >= 15 is 0 Å². The Bertz CT molecular complexity index is 648. The van der Waals surface area contributed by atoms with Crippen molar-refractivity contribution in [2.24, 2.45) is 0 Å². The molecule has 0 spiro atoms. The fourth-order valence-corrected chi connectivity index (χ4v) is 9.78. The summed E-state index contributed by atoms with van der Waals surface area (Å²) in [5, 5.41) is 0. The van der Waals surface area contributed by atoms with Gasteiger partial charge in [-0.3, -0.25) is 0 Å². The zero-order valence-corrected chi connectivity index (χ0v) is 26.6. The van der Waals surface area contributed by atoms with Gasteiger partial charge in [0.15, 0.2) is 0 Å². The molecule has 0 amide bonds. The van der Waals surface area contributed by atoms with E-state index in [0.29, 0.717) is 0 Å². The summed E-state index contributed by atoms with van der Waals surface area (Å²) in [7, 11) is 0. The van der Waals surface area contributed by atoms with E-state index < -0.39 is 0 Å². The van der Waals surface area contributed by atoms with Gasteiger partial charge in [0.05, 0.1) is 7.52 Å². The lowest BCUT2D eigenvalue weighted by Crippen LogP contribution is -1.91. The first-order valence-electron chi connectivity index (χ1n) is 6.01. The number of halogens is 6. The minimum atomic E-state index is 1.09. The minimum absolute atomic E-state index is 1.09. The van der Waals surface area contributed by atoms with Crippen molar-refractivity contribution in [3.63, 3.8) is 0 Å². The molecule has 0 nitrogen and oxygen atoms in total. The standard InChI is InChI=1S/C14H8I6S3/c15-5-21-7-1-3-9(13(19)11(7)17)23-10-4-2-8(22-6-16)12(18)14(10)20/h1-4H,5-6H2. The van der Waals surface area contributed by atoms with Crippen molar-refractivity contribution in [2.45, 2.75) is 19.6 Å². The smallest absolute Gasteiger partial charge is 0.0502 e. The molecule has 0 radical (unpaired) electrons. The van der Waals surface area contributed by atoms with Crippen LogP contribution in [-0.2, 0) is 0 Å². The Balaban J connectivity index is 2.33. The molecule has 0 atom stereocenters. The van der Waals surface area contributed by atoms with Crippen LogP contribution in [0.15, 0.2) is 43.8 Å². The highest BCUT2D eigenvalue weighted by Crippen LogP contribution is 2.41. The van der Waals surface area contributed by atoms with Crippen LogP contribution in [0, 0.1) is 14.3 Å². The highest BCUT2D eigenvalue weighted by molar-refractivity contribution is 14.1. The van der Waals surface area contributed by atoms with Crippen molar-refractivity contribution in [3.05, 3.63) is 38.5 Å². The van der Waals surface area contributed by atoms with Crippen molar-refractivity contribution < 1.29 is 0 Å². The predicted molar refractivity (Wildman–Crippen MR) is 157 cm³/mol. The molecular weight excluding hydrogens is 1030 g/mol. The maximum absolute atomic E-state index is 2.48. The maximum Gasteiger partial charge on any atom is 0.0502 e. The summed E-state index contributed by atoms with van der Waals surface area (Å²) in [6.07, 6.45) is 0. The average molecular weight is 1030 g/mol. The highest BCUT2D eigenvalue weighted by atomic mass is 127. The zero-order chi connectivity index (χ0) is 17.0. The monoisotopic (exact) mass is 1030 g/mol. The van der Waals surface area contributed by atoms with E-state index in [-0.39, 0.29) is 0 Å². The fraction of sp³-hybridized carbons (Fsp3) is 0.143. The van der Waals surface area contributed by atoms with Crippen LogP contribution in [0.2, 0.25) is 0 Å². The SMILES string of the molecule is ICSc1ccc(Sc2ccc(SCI)c(I)c2I)c(I)c1I. The Kier molecular flexibility index (Phi) is 11.8. The quantitative estimate of drug-likeness (QED) is 0.161. The molecule has 0 bridgehead atoms. The molecule has 0 fully saturated rings. The van der Waals surface area contributed by atoms with Gasteiger partial charge >= 0.3 is 0 Å². The van der Waals surface area contributed by atoms with Crippen LogP contribution in [-0.4, -0.2) is 7.52 Å². The van der Waals surface area contributed by atoms with Crippen molar-refractivity contribution in [2.75, 3.05) is 7.52 Å². The molecule has 0 saturated heterocycles. The molecular formula is C14H8I6S3. The summed E-state index contributed by atoms with van der Waals surface area (Å²) in [6.45, 7) is 0. The highest BCUT2D eigenvalue weighted by Gasteiger charge is 2.14. The molecule has 2 rings (SSSR count). The first-order chi connectivity index (χ1) is 11.0. The first kappa shape index (κ1) is 23.2. The van der Waals surface area contributed by atoms with Gasteiger partial charge in [0.1, 0.15) is 0 Å². The molecule has 0 aliphatic carbocycles. The summed E-state index contributed by atoms with van der Waals surface area (Å²) < 4.78 is 7.64. The van der Waals surface area contributed by atoms with Gasteiger partial charge in [-0.25, -0.2) is 0 Å². The van der Waals surface area contributed by atoms with Gasteiger partial charge < -0.3 is 0 Å². The predicted octanol–water partition coefficient (Wildman–Crippen LogP) is 9.23. The van der Waals surface area contributed by atoms with Crippen LogP contribution in [0.3, 0.4) is 0 Å². The van der Waals surface area contributed by atoms with Gasteiger partial charge in [-0.05, 0) is 115 Å². The molecule has 2 aromatic carbocycles. The van der Waals surface area contributed by atoms with Crippen molar-refractivity contribution >= 4 is 171 Å². The molecule has 9 heteroatoms. The molecule has 0 unspecified atom stereocenters. The molecule has 0 heterocycles. The number of alkyl halides is 2. The van der Waals surface area contributed by atoms with Crippen molar-refractivity contribution in [1.29, 1.82) is 0 Å². The number of hydrogen-bond acceptors (Lipinski definition) is 3. The van der Waals surface area contributed by atoms with E-state index in [1.165, 1.54) is 33.9 Å². The number of benzene rings is 2. The third-order valence-corrected chi connectivity index (χ3v) is 15.2. The molecule has 0 aliphatic heterocycles. The lowest BCUT2D eigenvalue weighted by molar-refractivity contribution is 1.23. The number of thioether (sulfide) groups is 2. The summed E-state index contributed by atoms with van der Waals surface area (Å²) in [4.78, 5) is 5.45. The van der Waals surface area contributed by atoms with Gasteiger partial charge in [0.2, 0.25) is 0 Å². The fourth-order valence-electron chi connectivity index (χ4n) is 1.64. The molecule has 0 aliphatic rings. The van der Waals surface area contributed by atoms with Gasteiger partial charge in [0.25, 0.3) is 0 Å². The minimum Gasteiger partial charge on any atom is -0.114 e. The van der Waals surface area contributed by atoms with E-state index in [0.717, 1.165) is 7.52 Å². The van der Waals surface area contributed by atoms with Crippen LogP contribution in [0.1, 0.15) is 0 Å². The average Bonchev–Trinajstić information content (AvgIpc) is 2.54. The van der Waals surface area contributed by atoms with Gasteiger partial charge in [-0.15, -0.1) is 23.5 Å². The topological polar surface area (TPSA) is 0 Å². The second kappa shape index (κ2) is 11.8. The Hall–Kier alpha value is 3.87. The van der Waals surface area contributed by atoms with Crippen LogP contribution < -0.4 is 0 Å². The normalized spacial score (nSPS) is 11.0. The Labute approximate surface area is 231 Å². The van der Waals surface area contributed by atoms with Gasteiger partial charge in [0, 0.05) is 33.9 Å². The third kappa shape index (κ3) is 6.43. The number of hydrogen-bond donors (Lipinski definition) is 0. The summed E-state index contributed by atoms with van der Waals surface area (Å²) in [6, 6.07) is 9.04. The van der Waals surface area contributed by atoms with Gasteiger partial charge in [-0.2, -0.15) is 0 Å². The molecule has 124 valence electrons. The lowest BCUT2D eigenvalue weighted by Gasteiger charge is -2.13. The molecule has 0 saturated carbocycles.